The highest BCUT2D eigenvalue weighted by atomic mass is 19.2. The van der Waals surface area contributed by atoms with E-state index in [0.717, 1.165) is 31.5 Å². The van der Waals surface area contributed by atoms with Gasteiger partial charge in [0.1, 0.15) is 0 Å². The molecule has 0 saturated carbocycles. The van der Waals surface area contributed by atoms with E-state index in [-0.39, 0.29) is 6.04 Å². The maximum Gasteiger partial charge on any atom is 0.159 e. The minimum Gasteiger partial charge on any atom is -0.387 e. The van der Waals surface area contributed by atoms with Crippen molar-refractivity contribution in [1.82, 2.24) is 5.32 Å². The number of hydrogen-bond donors (Lipinski definition) is 2. The molecule has 0 heterocycles. The molecule has 2 atom stereocenters. The summed E-state index contributed by atoms with van der Waals surface area (Å²) < 4.78 is 25.8. The lowest BCUT2D eigenvalue weighted by Gasteiger charge is -2.23. The van der Waals surface area contributed by atoms with E-state index in [1.165, 1.54) is 6.07 Å². The van der Waals surface area contributed by atoms with Crippen LogP contribution in [0.15, 0.2) is 18.2 Å². The monoisotopic (exact) mass is 243 g/mol. The van der Waals surface area contributed by atoms with Crippen molar-refractivity contribution in [3.05, 3.63) is 35.4 Å². The lowest BCUT2D eigenvalue weighted by atomic mass is 10.00. The summed E-state index contributed by atoms with van der Waals surface area (Å²) in [6.45, 7) is 4.76. The average molecular weight is 243 g/mol. The van der Waals surface area contributed by atoms with Gasteiger partial charge < -0.3 is 10.4 Å². The van der Waals surface area contributed by atoms with Crippen molar-refractivity contribution in [1.29, 1.82) is 0 Å². The molecule has 0 radical (unpaired) electrons. The van der Waals surface area contributed by atoms with Crippen LogP contribution in [0.2, 0.25) is 0 Å². The summed E-state index contributed by atoms with van der Waals surface area (Å²) in [6.07, 6.45) is 0.864. The molecule has 17 heavy (non-hydrogen) atoms. The fourth-order valence-corrected chi connectivity index (χ4v) is 1.74. The van der Waals surface area contributed by atoms with E-state index < -0.39 is 17.7 Å². The molecule has 0 aliphatic rings. The Labute approximate surface area is 101 Å². The fourth-order valence-electron chi connectivity index (χ4n) is 1.74. The zero-order chi connectivity index (χ0) is 12.8. The maximum atomic E-state index is 13.1. The van der Waals surface area contributed by atoms with Gasteiger partial charge in [-0.2, -0.15) is 0 Å². The number of rotatable bonds is 6. The largest absolute Gasteiger partial charge is 0.387 e. The molecule has 1 rings (SSSR count). The maximum absolute atomic E-state index is 13.1. The van der Waals surface area contributed by atoms with Crippen molar-refractivity contribution in [2.75, 3.05) is 6.54 Å². The molecule has 0 saturated heterocycles. The summed E-state index contributed by atoms with van der Waals surface area (Å²) in [5.74, 6) is -1.82. The Kier molecular flexibility index (Phi) is 5.51. The molecular formula is C13H19F2NO. The lowest BCUT2D eigenvalue weighted by Crippen LogP contribution is -2.35. The van der Waals surface area contributed by atoms with Gasteiger partial charge in [0.15, 0.2) is 11.6 Å². The van der Waals surface area contributed by atoms with Gasteiger partial charge in [0, 0.05) is 6.04 Å². The van der Waals surface area contributed by atoms with E-state index >= 15 is 0 Å². The van der Waals surface area contributed by atoms with Crippen molar-refractivity contribution in [3.63, 3.8) is 0 Å². The second kappa shape index (κ2) is 6.67. The SMILES string of the molecule is CCCNC(CC)C(O)c1ccc(F)c(F)c1. The zero-order valence-corrected chi connectivity index (χ0v) is 10.2. The van der Waals surface area contributed by atoms with Crippen LogP contribution < -0.4 is 5.32 Å². The molecule has 0 fully saturated rings. The third-order valence-corrected chi connectivity index (χ3v) is 2.76. The van der Waals surface area contributed by atoms with Crippen LogP contribution in [0.4, 0.5) is 8.78 Å². The topological polar surface area (TPSA) is 32.3 Å². The number of hydrogen-bond acceptors (Lipinski definition) is 2. The molecule has 2 nitrogen and oxygen atoms in total. The van der Waals surface area contributed by atoms with E-state index in [0.29, 0.717) is 5.56 Å². The number of halogens is 2. The zero-order valence-electron chi connectivity index (χ0n) is 10.2. The second-order valence-electron chi connectivity index (χ2n) is 4.09. The molecule has 2 unspecified atom stereocenters. The highest BCUT2D eigenvalue weighted by Crippen LogP contribution is 2.21. The minimum absolute atomic E-state index is 0.139. The molecule has 0 aliphatic heterocycles. The van der Waals surface area contributed by atoms with E-state index in [4.69, 9.17) is 0 Å². The second-order valence-corrected chi connectivity index (χ2v) is 4.09. The van der Waals surface area contributed by atoms with Crippen LogP contribution in [0.3, 0.4) is 0 Å². The minimum atomic E-state index is -0.924. The van der Waals surface area contributed by atoms with E-state index in [1.807, 2.05) is 13.8 Å². The van der Waals surface area contributed by atoms with Gasteiger partial charge >= 0.3 is 0 Å². The summed E-state index contributed by atoms with van der Waals surface area (Å²) in [7, 11) is 0. The quantitative estimate of drug-likeness (QED) is 0.805. The first-order chi connectivity index (χ1) is 8.10. The summed E-state index contributed by atoms with van der Waals surface area (Å²) in [5, 5.41) is 13.3. The van der Waals surface area contributed by atoms with Gasteiger partial charge in [0.2, 0.25) is 0 Å². The van der Waals surface area contributed by atoms with E-state index in [9.17, 15) is 13.9 Å². The number of nitrogens with one attached hydrogen (secondary N) is 1. The van der Waals surface area contributed by atoms with Gasteiger partial charge in [-0.25, -0.2) is 8.78 Å². The standard InChI is InChI=1S/C13H19F2NO/c1-3-7-16-12(4-2)13(17)9-5-6-10(14)11(15)8-9/h5-6,8,12-13,16-17H,3-4,7H2,1-2H3. The number of aliphatic hydroxyl groups excluding tert-OH is 1. The Morgan fingerprint density at radius 2 is 1.94 bits per heavy atom. The first-order valence-electron chi connectivity index (χ1n) is 5.96. The Hall–Kier alpha value is -1.00. The molecular weight excluding hydrogens is 224 g/mol. The first kappa shape index (κ1) is 14.1. The van der Waals surface area contributed by atoms with E-state index in [2.05, 4.69) is 5.32 Å². The van der Waals surface area contributed by atoms with Crippen molar-refractivity contribution >= 4 is 0 Å². The Bertz CT molecular complexity index is 357. The molecule has 2 N–H and O–H groups in total. The predicted molar refractivity (Wildman–Crippen MR) is 63.7 cm³/mol. The molecule has 96 valence electrons. The highest BCUT2D eigenvalue weighted by Gasteiger charge is 2.19. The predicted octanol–water partition coefficient (Wildman–Crippen LogP) is 2.78. The van der Waals surface area contributed by atoms with Crippen LogP contribution in [-0.4, -0.2) is 17.7 Å². The van der Waals surface area contributed by atoms with Crippen LogP contribution in [0.1, 0.15) is 38.4 Å². The van der Waals surface area contributed by atoms with Crippen molar-refractivity contribution in [2.24, 2.45) is 0 Å². The molecule has 1 aromatic rings. The average Bonchev–Trinajstić information content (AvgIpc) is 2.33. The molecule has 1 aromatic carbocycles. The summed E-state index contributed by atoms with van der Waals surface area (Å²) in [6, 6.07) is 3.37. The highest BCUT2D eigenvalue weighted by molar-refractivity contribution is 5.21. The van der Waals surface area contributed by atoms with Gasteiger partial charge in [0.05, 0.1) is 6.10 Å². The van der Waals surface area contributed by atoms with Gasteiger partial charge in [-0.3, -0.25) is 0 Å². The fraction of sp³-hybridized carbons (Fsp3) is 0.538. The molecule has 0 amide bonds. The summed E-state index contributed by atoms with van der Waals surface area (Å²) >= 11 is 0. The summed E-state index contributed by atoms with van der Waals surface area (Å²) in [5.41, 5.74) is 0.402. The van der Waals surface area contributed by atoms with Gasteiger partial charge in [-0.1, -0.05) is 19.9 Å². The van der Waals surface area contributed by atoms with E-state index in [1.54, 1.807) is 0 Å². The van der Waals surface area contributed by atoms with Crippen LogP contribution >= 0.6 is 0 Å². The van der Waals surface area contributed by atoms with Crippen molar-refractivity contribution in [3.8, 4) is 0 Å². The van der Waals surface area contributed by atoms with Crippen molar-refractivity contribution < 1.29 is 13.9 Å². The molecule has 0 aromatic heterocycles. The summed E-state index contributed by atoms with van der Waals surface area (Å²) in [4.78, 5) is 0. The number of benzene rings is 1. The molecule has 4 heteroatoms. The van der Waals surface area contributed by atoms with Crippen LogP contribution in [0, 0.1) is 11.6 Å². The Balaban J connectivity index is 2.78. The molecule has 0 aliphatic carbocycles. The van der Waals surface area contributed by atoms with Crippen LogP contribution in [0.25, 0.3) is 0 Å². The Morgan fingerprint density at radius 1 is 1.24 bits per heavy atom. The molecule has 0 spiro atoms. The third kappa shape index (κ3) is 3.75. The van der Waals surface area contributed by atoms with Gasteiger partial charge in [-0.15, -0.1) is 0 Å². The first-order valence-corrected chi connectivity index (χ1v) is 5.96. The molecule has 0 bridgehead atoms. The van der Waals surface area contributed by atoms with Gasteiger partial charge in [-0.05, 0) is 37.1 Å². The van der Waals surface area contributed by atoms with Crippen LogP contribution in [0.5, 0.6) is 0 Å². The Morgan fingerprint density at radius 3 is 2.47 bits per heavy atom. The third-order valence-electron chi connectivity index (χ3n) is 2.76. The normalized spacial score (nSPS) is 14.6. The van der Waals surface area contributed by atoms with Gasteiger partial charge in [0.25, 0.3) is 0 Å². The van der Waals surface area contributed by atoms with Crippen LogP contribution in [-0.2, 0) is 0 Å². The van der Waals surface area contributed by atoms with Crippen molar-refractivity contribution in [2.45, 2.75) is 38.8 Å². The lowest BCUT2D eigenvalue weighted by molar-refractivity contribution is 0.125. The smallest absolute Gasteiger partial charge is 0.159 e. The number of aliphatic hydroxyl groups is 1.